The van der Waals surface area contributed by atoms with Crippen LogP contribution < -0.4 is 10.6 Å². The van der Waals surface area contributed by atoms with E-state index < -0.39 is 24.3 Å². The molecule has 7 rings (SSSR count). The molecule has 3 heterocycles. The van der Waals surface area contributed by atoms with Crippen molar-refractivity contribution in [2.75, 3.05) is 20.8 Å². The van der Waals surface area contributed by atoms with Crippen LogP contribution in [-0.2, 0) is 25.6 Å². The Bertz CT molecular complexity index is 2380. The van der Waals surface area contributed by atoms with Crippen molar-refractivity contribution < 1.29 is 28.7 Å². The molecule has 0 spiro atoms. The van der Waals surface area contributed by atoms with Gasteiger partial charge in [-0.1, -0.05) is 74.5 Å². The molecule has 5 aromatic rings. The highest BCUT2D eigenvalue weighted by Gasteiger charge is 2.51. The van der Waals surface area contributed by atoms with E-state index in [1.165, 1.54) is 20.3 Å². The Labute approximate surface area is 349 Å². The lowest BCUT2D eigenvalue weighted by atomic mass is 9.95. The van der Waals surface area contributed by atoms with Gasteiger partial charge in [-0.25, -0.2) is 19.6 Å². The molecule has 1 aliphatic carbocycles. The Morgan fingerprint density at radius 2 is 1.48 bits per heavy atom. The Hall–Kier alpha value is -6.70. The van der Waals surface area contributed by atoms with Gasteiger partial charge in [0.1, 0.15) is 23.7 Å². The average molecular weight is 813 g/mol. The molecule has 14 nitrogen and oxygen atoms in total. The lowest BCUT2D eigenvalue weighted by molar-refractivity contribution is -0.139. The number of hydrogen-bond donors (Lipinski definition) is 4. The van der Waals surface area contributed by atoms with Gasteiger partial charge < -0.3 is 39.9 Å². The van der Waals surface area contributed by atoms with Crippen LogP contribution in [-0.4, -0.2) is 92.6 Å². The van der Waals surface area contributed by atoms with Crippen LogP contribution in [0.2, 0.25) is 0 Å². The first kappa shape index (κ1) is 41.5. The summed E-state index contributed by atoms with van der Waals surface area (Å²) in [5.74, 6) is 1.14. The van der Waals surface area contributed by atoms with Crippen LogP contribution in [0.4, 0.5) is 9.59 Å². The predicted octanol–water partition coefficient (Wildman–Crippen LogP) is 7.53. The van der Waals surface area contributed by atoms with Gasteiger partial charge in [0.2, 0.25) is 11.8 Å². The number of alkyl carbamates (subject to hydrolysis) is 2. The van der Waals surface area contributed by atoms with Crippen molar-refractivity contribution in [3.63, 3.8) is 0 Å². The number of nitrogens with zero attached hydrogens (tertiary/aromatic N) is 4. The van der Waals surface area contributed by atoms with Crippen LogP contribution in [0.5, 0.6) is 0 Å². The third-order valence-electron chi connectivity index (χ3n) is 11.6. The van der Waals surface area contributed by atoms with Crippen LogP contribution in [0.1, 0.15) is 57.2 Å². The summed E-state index contributed by atoms with van der Waals surface area (Å²) in [6.45, 7) is 11.9. The number of piperidine rings is 1. The molecule has 60 heavy (non-hydrogen) atoms. The first-order valence-corrected chi connectivity index (χ1v) is 20.3. The number of aromatic amines is 2. The topological polar surface area (TPSA) is 175 Å². The molecule has 2 aliphatic rings. The molecular weight excluding hydrogens is 761 g/mol. The van der Waals surface area contributed by atoms with Crippen LogP contribution in [0, 0.1) is 11.8 Å². The first-order valence-electron chi connectivity index (χ1n) is 20.3. The summed E-state index contributed by atoms with van der Waals surface area (Å²) in [5, 5.41) is 7.44. The minimum absolute atomic E-state index is 0.0974. The second-order valence-corrected chi connectivity index (χ2v) is 15.7. The summed E-state index contributed by atoms with van der Waals surface area (Å²) in [7, 11) is 2.54. The molecular formula is C46H52N8O6. The van der Waals surface area contributed by atoms with Crippen molar-refractivity contribution in [1.29, 1.82) is 0 Å². The molecule has 1 saturated carbocycles. The van der Waals surface area contributed by atoms with Crippen LogP contribution in [0.25, 0.3) is 44.4 Å². The molecule has 0 unspecified atom stereocenters. The van der Waals surface area contributed by atoms with Gasteiger partial charge >= 0.3 is 12.2 Å². The summed E-state index contributed by atoms with van der Waals surface area (Å²) in [6.07, 6.45) is 8.83. The van der Waals surface area contributed by atoms with Crippen molar-refractivity contribution in [3.05, 3.63) is 110 Å². The van der Waals surface area contributed by atoms with E-state index in [9.17, 15) is 19.2 Å². The first-order chi connectivity index (χ1) is 29.0. The summed E-state index contributed by atoms with van der Waals surface area (Å²) < 4.78 is 9.48. The molecule has 0 radical (unpaired) electrons. The number of carbonyl (C=O) groups excluding carboxylic acids is 4. The van der Waals surface area contributed by atoms with Crippen molar-refractivity contribution in [2.24, 2.45) is 11.8 Å². The number of hydrogen-bond acceptors (Lipinski definition) is 8. The summed E-state index contributed by atoms with van der Waals surface area (Å²) >= 11 is 0. The number of ether oxygens (including phenoxy) is 2. The maximum atomic E-state index is 14.0. The van der Waals surface area contributed by atoms with E-state index in [-0.39, 0.29) is 36.4 Å². The number of methoxy groups -OCH3 is 2. The van der Waals surface area contributed by atoms with Gasteiger partial charge in [-0.15, -0.1) is 13.2 Å². The Morgan fingerprint density at radius 1 is 0.850 bits per heavy atom. The third-order valence-corrected chi connectivity index (χ3v) is 11.6. The third kappa shape index (κ3) is 8.68. The normalized spacial score (nSPS) is 17.9. The number of fused-ring (bicyclic) bond motifs is 3. The van der Waals surface area contributed by atoms with Gasteiger partial charge in [0.05, 0.1) is 50.6 Å². The molecule has 1 aliphatic heterocycles. The smallest absolute Gasteiger partial charge is 0.407 e. The number of amides is 4. The summed E-state index contributed by atoms with van der Waals surface area (Å²) in [5.41, 5.74) is 5.76. The molecule has 2 fully saturated rings. The zero-order valence-electron chi connectivity index (χ0n) is 34.4. The number of likely N-dealkylation sites (tertiary alicyclic amines) is 1. The second-order valence-electron chi connectivity index (χ2n) is 15.7. The Balaban J connectivity index is 1.03. The molecule has 4 amide bonds. The molecule has 3 aromatic carbocycles. The second kappa shape index (κ2) is 18.1. The zero-order chi connectivity index (χ0) is 42.5. The van der Waals surface area contributed by atoms with Gasteiger partial charge in [0.15, 0.2) is 0 Å². The molecule has 1 saturated heterocycles. The number of imidazole rings is 2. The number of rotatable bonds is 15. The highest BCUT2D eigenvalue weighted by Crippen LogP contribution is 2.50. The number of benzene rings is 3. The van der Waals surface area contributed by atoms with Crippen LogP contribution >= 0.6 is 0 Å². The van der Waals surface area contributed by atoms with E-state index in [0.29, 0.717) is 24.7 Å². The van der Waals surface area contributed by atoms with Gasteiger partial charge in [-0.05, 0) is 77.1 Å². The van der Waals surface area contributed by atoms with E-state index in [1.807, 2.05) is 37.1 Å². The highest BCUT2D eigenvalue weighted by molar-refractivity contribution is 5.91. The van der Waals surface area contributed by atoms with Crippen LogP contribution in [0.15, 0.2) is 98.4 Å². The monoisotopic (exact) mass is 812 g/mol. The van der Waals surface area contributed by atoms with Crippen molar-refractivity contribution in [2.45, 2.75) is 70.2 Å². The number of carbonyl (C=O) groups is 4. The standard InChI is InChI=1S/C46H52N8O6/c1-7-9-20-53(43(55)36(8-2)51-45(57)59-5)26-39-47-24-37(49-39)29-12-10-28(11-13-29)30-14-15-32-22-33(17-16-31(32)21-30)38-25-48-42(50-38)41-34-18-19-35(23-34)54(41)44(56)40(27(3)4)52-46(58)60-6/h7-8,10-17,21-22,24-25,27,34-36,40-41H,1-2,9,18-20,23,26H2,3-6H3,(H,47,49)(H,48,50)(H,51,57)(H,52,58)/t34-,35+,36-,40-,41-/m0/s1. The quantitative estimate of drug-likeness (QED) is 0.0785. The maximum absolute atomic E-state index is 14.0. The van der Waals surface area contributed by atoms with E-state index in [1.54, 1.807) is 17.2 Å². The average Bonchev–Trinajstić information content (AvgIpc) is 4.11. The number of nitrogens with one attached hydrogen (secondary N) is 4. The van der Waals surface area contributed by atoms with E-state index in [2.05, 4.69) is 92.0 Å². The van der Waals surface area contributed by atoms with Crippen molar-refractivity contribution >= 4 is 34.8 Å². The van der Waals surface area contributed by atoms with Gasteiger partial charge in [-0.3, -0.25) is 9.59 Å². The Morgan fingerprint density at radius 3 is 2.17 bits per heavy atom. The lowest BCUT2D eigenvalue weighted by Crippen LogP contribution is -2.54. The fourth-order valence-corrected chi connectivity index (χ4v) is 8.47. The summed E-state index contributed by atoms with van der Waals surface area (Å²) in [6, 6.07) is 19.3. The lowest BCUT2D eigenvalue weighted by Gasteiger charge is -2.37. The van der Waals surface area contributed by atoms with Gasteiger partial charge in [0, 0.05) is 18.2 Å². The van der Waals surface area contributed by atoms with Crippen molar-refractivity contribution in [3.8, 4) is 33.6 Å². The number of H-pyrrole nitrogens is 2. The summed E-state index contributed by atoms with van der Waals surface area (Å²) in [4.78, 5) is 71.0. The SMILES string of the molecule is C=CCCN(Cc1ncc(-c2ccc(-c3ccc4cc(-c5cnc([C@@H]6[C@H]7CC[C@H](C7)N6C(=O)[C@@H](NC(=O)OC)C(C)C)[nH]5)ccc4c3)cc2)[nH]1)C(=O)[C@H](C=C)NC(=O)OC. The van der Waals surface area contributed by atoms with E-state index >= 15 is 0 Å². The molecule has 14 heteroatoms. The van der Waals surface area contributed by atoms with E-state index in [4.69, 9.17) is 9.72 Å². The fraction of sp³-hybridized carbons (Fsp3) is 0.348. The maximum Gasteiger partial charge on any atom is 0.407 e. The zero-order valence-corrected chi connectivity index (χ0v) is 34.4. The van der Waals surface area contributed by atoms with Crippen LogP contribution in [0.3, 0.4) is 0 Å². The van der Waals surface area contributed by atoms with Gasteiger partial charge in [-0.2, -0.15) is 0 Å². The molecule has 4 N–H and O–H groups in total. The molecule has 2 bridgehead atoms. The largest absolute Gasteiger partial charge is 0.453 e. The minimum atomic E-state index is -0.947. The van der Waals surface area contributed by atoms with Gasteiger partial charge in [0.25, 0.3) is 0 Å². The molecule has 312 valence electrons. The highest BCUT2D eigenvalue weighted by atomic mass is 16.5. The number of aromatic nitrogens is 4. The van der Waals surface area contributed by atoms with E-state index in [0.717, 1.165) is 69.5 Å². The predicted molar refractivity (Wildman–Crippen MR) is 229 cm³/mol. The fourth-order valence-electron chi connectivity index (χ4n) is 8.47. The van der Waals surface area contributed by atoms with Crippen molar-refractivity contribution in [1.82, 2.24) is 40.4 Å². The molecule has 2 aromatic heterocycles. The molecule has 5 atom stereocenters. The minimum Gasteiger partial charge on any atom is -0.453 e. The Kier molecular flexibility index (Phi) is 12.5.